The van der Waals surface area contributed by atoms with Crippen LogP contribution in [0.2, 0.25) is 0 Å². The zero-order valence-corrected chi connectivity index (χ0v) is 10.7. The minimum absolute atomic E-state index is 0.148. The molecule has 2 aromatic rings. The highest BCUT2D eigenvalue weighted by Gasteiger charge is 2.15. The lowest BCUT2D eigenvalue weighted by molar-refractivity contribution is -0.137. The van der Waals surface area contributed by atoms with Gasteiger partial charge in [-0.15, -0.1) is 0 Å². The fraction of sp³-hybridized carbons (Fsp3) is 0.182. The summed E-state index contributed by atoms with van der Waals surface area (Å²) < 4.78 is 2.25. The van der Waals surface area contributed by atoms with Gasteiger partial charge < -0.3 is 5.11 Å². The van der Waals surface area contributed by atoms with E-state index in [2.05, 4.69) is 26.0 Å². The first kappa shape index (κ1) is 11.8. The van der Waals surface area contributed by atoms with Crippen LogP contribution in [0.15, 0.2) is 29.0 Å². The minimum atomic E-state index is -0.916. The van der Waals surface area contributed by atoms with E-state index in [0.717, 1.165) is 15.7 Å². The van der Waals surface area contributed by atoms with Gasteiger partial charge in [0.05, 0.1) is 10.2 Å². The minimum Gasteiger partial charge on any atom is -0.480 e. The van der Waals surface area contributed by atoms with E-state index in [9.17, 15) is 4.79 Å². The van der Waals surface area contributed by atoms with Crippen LogP contribution in [-0.4, -0.2) is 25.8 Å². The molecule has 0 saturated carbocycles. The zero-order valence-electron chi connectivity index (χ0n) is 9.09. The Hall–Kier alpha value is -1.69. The van der Waals surface area contributed by atoms with Crippen molar-refractivity contribution in [2.75, 3.05) is 0 Å². The molecule has 0 spiro atoms. The van der Waals surface area contributed by atoms with Crippen molar-refractivity contribution >= 4 is 21.9 Å². The van der Waals surface area contributed by atoms with E-state index in [1.165, 1.54) is 4.68 Å². The molecule has 0 radical (unpaired) electrons. The molecule has 0 unspecified atom stereocenters. The molecule has 2 aromatic heterocycles. The van der Waals surface area contributed by atoms with Crippen LogP contribution in [0, 0.1) is 6.92 Å². The van der Waals surface area contributed by atoms with Crippen molar-refractivity contribution in [3.05, 3.63) is 34.7 Å². The van der Waals surface area contributed by atoms with Crippen molar-refractivity contribution in [2.24, 2.45) is 0 Å². The number of hydrogen-bond donors (Lipinski definition) is 1. The average molecular weight is 296 g/mol. The van der Waals surface area contributed by atoms with Crippen molar-refractivity contribution in [2.45, 2.75) is 13.5 Å². The number of carbonyl (C=O) groups is 1. The van der Waals surface area contributed by atoms with Crippen LogP contribution in [0.3, 0.4) is 0 Å². The van der Waals surface area contributed by atoms with Gasteiger partial charge in [0.25, 0.3) is 0 Å². The van der Waals surface area contributed by atoms with Gasteiger partial charge in [-0.25, -0.2) is 0 Å². The maximum Gasteiger partial charge on any atom is 0.325 e. The number of carboxylic acid groups (broad SMARTS) is 1. The lowest BCUT2D eigenvalue weighted by Crippen LogP contribution is -2.11. The van der Waals surface area contributed by atoms with E-state index in [-0.39, 0.29) is 6.54 Å². The number of rotatable bonds is 3. The summed E-state index contributed by atoms with van der Waals surface area (Å²) in [4.78, 5) is 14.7. The summed E-state index contributed by atoms with van der Waals surface area (Å²) in [5, 5.41) is 13.0. The third-order valence-electron chi connectivity index (χ3n) is 2.35. The molecule has 0 atom stereocenters. The number of hydrogen-bond acceptors (Lipinski definition) is 3. The highest BCUT2D eigenvalue weighted by molar-refractivity contribution is 9.10. The molecule has 0 aliphatic rings. The summed E-state index contributed by atoms with van der Waals surface area (Å²) in [6.45, 7) is 1.67. The molecule has 6 heteroatoms. The van der Waals surface area contributed by atoms with Crippen molar-refractivity contribution in [1.29, 1.82) is 0 Å². The Bertz CT molecular complexity index is 551. The molecule has 0 saturated heterocycles. The molecule has 0 bridgehead atoms. The number of carboxylic acids is 1. The van der Waals surface area contributed by atoms with E-state index in [1.54, 1.807) is 12.4 Å². The van der Waals surface area contributed by atoms with E-state index < -0.39 is 5.97 Å². The molecule has 2 heterocycles. The monoisotopic (exact) mass is 295 g/mol. The molecular formula is C11H10BrN3O2. The molecule has 0 aliphatic heterocycles. The Balaban J connectivity index is 2.46. The first-order valence-corrected chi connectivity index (χ1v) is 5.74. The lowest BCUT2D eigenvalue weighted by atomic mass is 10.2. The predicted molar refractivity (Wildman–Crippen MR) is 65.5 cm³/mol. The quantitative estimate of drug-likeness (QED) is 0.941. The smallest absolute Gasteiger partial charge is 0.325 e. The molecule has 2 rings (SSSR count). The number of halogens is 1. The highest BCUT2D eigenvalue weighted by Crippen LogP contribution is 2.29. The van der Waals surface area contributed by atoms with Gasteiger partial charge in [0.1, 0.15) is 12.2 Å². The summed E-state index contributed by atoms with van der Waals surface area (Å²) in [5.74, 6) is -0.916. The van der Waals surface area contributed by atoms with Crippen LogP contribution in [0.5, 0.6) is 0 Å². The van der Waals surface area contributed by atoms with Crippen LogP contribution < -0.4 is 0 Å². The van der Waals surface area contributed by atoms with Gasteiger partial charge in [0.2, 0.25) is 0 Å². The van der Waals surface area contributed by atoms with Gasteiger partial charge >= 0.3 is 5.97 Å². The third-order valence-corrected chi connectivity index (χ3v) is 3.30. The van der Waals surface area contributed by atoms with E-state index >= 15 is 0 Å². The number of aliphatic carboxylic acids is 1. The summed E-state index contributed by atoms with van der Waals surface area (Å²) in [5.41, 5.74) is 2.34. The predicted octanol–water partition coefficient (Wildman–Crippen LogP) is 2.10. The molecule has 0 aromatic carbocycles. The first-order chi connectivity index (χ1) is 8.09. The Morgan fingerprint density at radius 2 is 2.35 bits per heavy atom. The normalized spacial score (nSPS) is 10.5. The van der Waals surface area contributed by atoms with Crippen molar-refractivity contribution in [3.8, 4) is 11.3 Å². The second kappa shape index (κ2) is 4.67. The van der Waals surface area contributed by atoms with Crippen LogP contribution in [0.1, 0.15) is 5.69 Å². The molecule has 0 aliphatic carbocycles. The fourth-order valence-electron chi connectivity index (χ4n) is 1.49. The zero-order chi connectivity index (χ0) is 12.4. The van der Waals surface area contributed by atoms with Gasteiger partial charge in [-0.05, 0) is 35.0 Å². The summed E-state index contributed by atoms with van der Waals surface area (Å²) in [7, 11) is 0. The van der Waals surface area contributed by atoms with E-state index in [4.69, 9.17) is 5.11 Å². The molecule has 0 amide bonds. The van der Waals surface area contributed by atoms with Gasteiger partial charge in [-0.3, -0.25) is 14.5 Å². The highest BCUT2D eigenvalue weighted by atomic mass is 79.9. The van der Waals surface area contributed by atoms with Crippen LogP contribution in [-0.2, 0) is 11.3 Å². The standard InChI is InChI=1S/C11H10BrN3O2/c1-7-10(12)11(8-3-2-4-13-5-8)14-15(7)6-9(16)17/h2-5H,6H2,1H3,(H,16,17). The number of nitrogens with zero attached hydrogens (tertiary/aromatic N) is 3. The average Bonchev–Trinajstić information content (AvgIpc) is 2.58. The maximum atomic E-state index is 10.7. The topological polar surface area (TPSA) is 68.0 Å². The Morgan fingerprint density at radius 1 is 1.59 bits per heavy atom. The second-order valence-electron chi connectivity index (χ2n) is 3.54. The van der Waals surface area contributed by atoms with Gasteiger partial charge in [0.15, 0.2) is 0 Å². The molecule has 17 heavy (non-hydrogen) atoms. The van der Waals surface area contributed by atoms with Crippen LogP contribution in [0.4, 0.5) is 0 Å². The van der Waals surface area contributed by atoms with Crippen molar-refractivity contribution < 1.29 is 9.90 Å². The maximum absolute atomic E-state index is 10.7. The van der Waals surface area contributed by atoms with Gasteiger partial charge in [-0.2, -0.15) is 5.10 Å². The van der Waals surface area contributed by atoms with E-state index in [0.29, 0.717) is 5.69 Å². The number of aromatic nitrogens is 3. The molecule has 0 fully saturated rings. The largest absolute Gasteiger partial charge is 0.480 e. The van der Waals surface area contributed by atoms with Crippen molar-refractivity contribution in [3.63, 3.8) is 0 Å². The van der Waals surface area contributed by atoms with Gasteiger partial charge in [0, 0.05) is 18.0 Å². The fourth-order valence-corrected chi connectivity index (χ4v) is 2.01. The molecule has 5 nitrogen and oxygen atoms in total. The Morgan fingerprint density at radius 3 is 2.94 bits per heavy atom. The lowest BCUT2D eigenvalue weighted by Gasteiger charge is -1.98. The van der Waals surface area contributed by atoms with Crippen LogP contribution >= 0.6 is 15.9 Å². The van der Waals surface area contributed by atoms with Crippen LogP contribution in [0.25, 0.3) is 11.3 Å². The van der Waals surface area contributed by atoms with Gasteiger partial charge in [-0.1, -0.05) is 0 Å². The SMILES string of the molecule is Cc1c(Br)c(-c2cccnc2)nn1CC(=O)O. The first-order valence-electron chi connectivity index (χ1n) is 4.94. The van der Waals surface area contributed by atoms with E-state index in [1.807, 2.05) is 19.1 Å². The Kier molecular flexibility index (Phi) is 3.23. The molecular weight excluding hydrogens is 286 g/mol. The summed E-state index contributed by atoms with van der Waals surface area (Å²) in [6.07, 6.45) is 3.37. The van der Waals surface area contributed by atoms with Crippen molar-refractivity contribution in [1.82, 2.24) is 14.8 Å². The molecule has 1 N–H and O–H groups in total. The summed E-state index contributed by atoms with van der Waals surface area (Å²) in [6, 6.07) is 3.69. The second-order valence-corrected chi connectivity index (χ2v) is 4.33. The Labute approximate surface area is 106 Å². The molecule has 88 valence electrons. The number of pyridine rings is 1. The summed E-state index contributed by atoms with van der Waals surface area (Å²) >= 11 is 3.42. The third kappa shape index (κ3) is 2.36.